The van der Waals surface area contributed by atoms with Crippen molar-refractivity contribution in [1.82, 2.24) is 15.1 Å². The molecule has 2 N–H and O–H groups in total. The minimum absolute atomic E-state index is 0.0701. The van der Waals surface area contributed by atoms with E-state index in [1.54, 1.807) is 0 Å². The lowest BCUT2D eigenvalue weighted by atomic mass is 9.94. The predicted octanol–water partition coefficient (Wildman–Crippen LogP) is 1.93. The summed E-state index contributed by atoms with van der Waals surface area (Å²) in [4.78, 5) is 2.40. The number of aromatic nitrogens is 2. The Morgan fingerprint density at radius 1 is 1.26 bits per heavy atom. The summed E-state index contributed by atoms with van der Waals surface area (Å²) in [6.45, 7) is 10.1. The third kappa shape index (κ3) is 4.01. The SMILES string of the molecule is CC(C)(C)c1nnc(CN2CCC(CCN)CC2)o1. The Kier molecular flexibility index (Phi) is 4.58. The van der Waals surface area contributed by atoms with Crippen LogP contribution >= 0.6 is 0 Å². The number of hydrogen-bond acceptors (Lipinski definition) is 5. The summed E-state index contributed by atoms with van der Waals surface area (Å²) >= 11 is 0. The predicted molar refractivity (Wildman–Crippen MR) is 74.7 cm³/mol. The van der Waals surface area contributed by atoms with Crippen LogP contribution in [0.1, 0.15) is 51.8 Å². The van der Waals surface area contributed by atoms with Crippen LogP contribution in [-0.4, -0.2) is 34.7 Å². The van der Waals surface area contributed by atoms with E-state index < -0.39 is 0 Å². The summed E-state index contributed by atoms with van der Waals surface area (Å²) in [6, 6.07) is 0. The van der Waals surface area contributed by atoms with Gasteiger partial charge in [0.1, 0.15) is 0 Å². The lowest BCUT2D eigenvalue weighted by Gasteiger charge is -2.30. The second kappa shape index (κ2) is 6.01. The monoisotopic (exact) mass is 266 g/mol. The van der Waals surface area contributed by atoms with Crippen LogP contribution in [-0.2, 0) is 12.0 Å². The Labute approximate surface area is 115 Å². The van der Waals surface area contributed by atoms with Crippen LogP contribution in [0.5, 0.6) is 0 Å². The molecule has 1 saturated heterocycles. The van der Waals surface area contributed by atoms with Crippen LogP contribution in [0.25, 0.3) is 0 Å². The lowest BCUT2D eigenvalue weighted by molar-refractivity contribution is 0.158. The van der Waals surface area contributed by atoms with Crippen molar-refractivity contribution in [2.45, 2.75) is 52.0 Å². The Hall–Kier alpha value is -0.940. The summed E-state index contributed by atoms with van der Waals surface area (Å²) in [6.07, 6.45) is 3.62. The van der Waals surface area contributed by atoms with Crippen LogP contribution in [0, 0.1) is 5.92 Å². The summed E-state index contributed by atoms with van der Waals surface area (Å²) in [5, 5.41) is 8.29. The largest absolute Gasteiger partial charge is 0.423 e. The van der Waals surface area contributed by atoms with E-state index in [0.29, 0.717) is 0 Å². The topological polar surface area (TPSA) is 68.2 Å². The zero-order valence-corrected chi connectivity index (χ0v) is 12.4. The standard InChI is InChI=1S/C14H26N4O/c1-14(2,3)13-17-16-12(19-13)10-18-8-5-11(4-7-15)6-9-18/h11H,4-10,15H2,1-3H3. The van der Waals surface area contributed by atoms with Gasteiger partial charge in [0.2, 0.25) is 11.8 Å². The first-order chi connectivity index (χ1) is 8.99. The van der Waals surface area contributed by atoms with Gasteiger partial charge in [0.15, 0.2) is 0 Å². The van der Waals surface area contributed by atoms with Crippen LogP contribution in [0.4, 0.5) is 0 Å². The molecule has 0 unspecified atom stereocenters. The lowest BCUT2D eigenvalue weighted by Crippen LogP contribution is -2.33. The maximum Gasteiger partial charge on any atom is 0.230 e. The van der Waals surface area contributed by atoms with Crippen molar-refractivity contribution in [3.05, 3.63) is 11.8 Å². The zero-order valence-electron chi connectivity index (χ0n) is 12.4. The molecule has 1 aliphatic heterocycles. The third-order valence-corrected chi connectivity index (χ3v) is 3.75. The van der Waals surface area contributed by atoms with Gasteiger partial charge in [-0.25, -0.2) is 0 Å². The molecule has 108 valence electrons. The van der Waals surface area contributed by atoms with E-state index in [4.69, 9.17) is 10.2 Å². The summed E-state index contributed by atoms with van der Waals surface area (Å²) in [7, 11) is 0. The minimum atomic E-state index is -0.0701. The molecule has 0 spiro atoms. The molecule has 5 nitrogen and oxygen atoms in total. The molecule has 1 aromatic rings. The average molecular weight is 266 g/mol. The fourth-order valence-corrected chi connectivity index (χ4v) is 2.48. The maximum atomic E-state index is 5.74. The van der Waals surface area contributed by atoms with E-state index in [2.05, 4.69) is 35.9 Å². The molecule has 0 aliphatic carbocycles. The van der Waals surface area contributed by atoms with Crippen molar-refractivity contribution in [3.8, 4) is 0 Å². The van der Waals surface area contributed by atoms with E-state index >= 15 is 0 Å². The van der Waals surface area contributed by atoms with E-state index in [1.807, 2.05) is 0 Å². The zero-order chi connectivity index (χ0) is 13.9. The average Bonchev–Trinajstić information content (AvgIpc) is 2.80. The van der Waals surface area contributed by atoms with Crippen molar-refractivity contribution in [1.29, 1.82) is 0 Å². The van der Waals surface area contributed by atoms with Crippen molar-refractivity contribution in [2.75, 3.05) is 19.6 Å². The highest BCUT2D eigenvalue weighted by molar-refractivity contribution is 4.96. The third-order valence-electron chi connectivity index (χ3n) is 3.75. The maximum absolute atomic E-state index is 5.74. The van der Waals surface area contributed by atoms with Gasteiger partial charge < -0.3 is 10.2 Å². The second-order valence-electron chi connectivity index (χ2n) is 6.55. The van der Waals surface area contributed by atoms with Gasteiger partial charge in [-0.05, 0) is 44.8 Å². The Balaban J connectivity index is 1.84. The molecule has 2 heterocycles. The first-order valence-electron chi connectivity index (χ1n) is 7.24. The van der Waals surface area contributed by atoms with Gasteiger partial charge >= 0.3 is 0 Å². The second-order valence-corrected chi connectivity index (χ2v) is 6.55. The molecular weight excluding hydrogens is 240 g/mol. The number of likely N-dealkylation sites (tertiary alicyclic amines) is 1. The van der Waals surface area contributed by atoms with E-state index in [-0.39, 0.29) is 5.41 Å². The van der Waals surface area contributed by atoms with Gasteiger partial charge in [0, 0.05) is 5.41 Å². The molecule has 1 fully saturated rings. The molecule has 0 radical (unpaired) electrons. The van der Waals surface area contributed by atoms with Gasteiger partial charge in [0.05, 0.1) is 6.54 Å². The summed E-state index contributed by atoms with van der Waals surface area (Å²) in [5.41, 5.74) is 5.54. The summed E-state index contributed by atoms with van der Waals surface area (Å²) < 4.78 is 5.74. The molecule has 0 bridgehead atoms. The van der Waals surface area contributed by atoms with Crippen LogP contribution < -0.4 is 5.73 Å². The molecule has 19 heavy (non-hydrogen) atoms. The molecular formula is C14H26N4O. The summed E-state index contributed by atoms with van der Waals surface area (Å²) in [5.74, 6) is 2.26. The Morgan fingerprint density at radius 3 is 2.47 bits per heavy atom. The van der Waals surface area contributed by atoms with Crippen molar-refractivity contribution >= 4 is 0 Å². The highest BCUT2D eigenvalue weighted by Crippen LogP contribution is 2.23. The molecule has 0 aromatic carbocycles. The Bertz CT molecular complexity index is 388. The van der Waals surface area contributed by atoms with Crippen molar-refractivity contribution in [2.24, 2.45) is 11.7 Å². The number of nitrogens with two attached hydrogens (primary N) is 1. The van der Waals surface area contributed by atoms with Crippen molar-refractivity contribution < 1.29 is 4.42 Å². The highest BCUT2D eigenvalue weighted by atomic mass is 16.4. The van der Waals surface area contributed by atoms with Gasteiger partial charge in [-0.3, -0.25) is 4.90 Å². The molecule has 0 atom stereocenters. The van der Waals surface area contributed by atoms with Crippen LogP contribution in [0.15, 0.2) is 4.42 Å². The quantitative estimate of drug-likeness (QED) is 0.902. The molecule has 1 aliphatic rings. The van der Waals surface area contributed by atoms with E-state index in [0.717, 1.165) is 50.3 Å². The number of piperidine rings is 1. The highest BCUT2D eigenvalue weighted by Gasteiger charge is 2.23. The molecule has 2 rings (SSSR count). The van der Waals surface area contributed by atoms with Gasteiger partial charge in [-0.1, -0.05) is 20.8 Å². The van der Waals surface area contributed by atoms with Crippen LogP contribution in [0.2, 0.25) is 0 Å². The fraction of sp³-hybridized carbons (Fsp3) is 0.857. The molecule has 0 amide bonds. The fourth-order valence-electron chi connectivity index (χ4n) is 2.48. The minimum Gasteiger partial charge on any atom is -0.423 e. The molecule has 1 aromatic heterocycles. The first kappa shape index (κ1) is 14.5. The van der Waals surface area contributed by atoms with Crippen molar-refractivity contribution in [3.63, 3.8) is 0 Å². The van der Waals surface area contributed by atoms with E-state index in [1.165, 1.54) is 12.8 Å². The number of rotatable bonds is 4. The number of nitrogens with zero attached hydrogens (tertiary/aromatic N) is 3. The van der Waals surface area contributed by atoms with Gasteiger partial charge in [-0.2, -0.15) is 0 Å². The van der Waals surface area contributed by atoms with E-state index in [9.17, 15) is 0 Å². The normalized spacial score (nSPS) is 18.9. The van der Waals surface area contributed by atoms with Gasteiger partial charge in [0.25, 0.3) is 0 Å². The molecule has 5 heteroatoms. The first-order valence-corrected chi connectivity index (χ1v) is 7.24. The van der Waals surface area contributed by atoms with Crippen LogP contribution in [0.3, 0.4) is 0 Å². The Morgan fingerprint density at radius 2 is 1.95 bits per heavy atom. The van der Waals surface area contributed by atoms with Gasteiger partial charge in [-0.15, -0.1) is 10.2 Å². The number of hydrogen-bond donors (Lipinski definition) is 1. The smallest absolute Gasteiger partial charge is 0.230 e. The molecule has 0 saturated carbocycles.